The van der Waals surface area contributed by atoms with Gasteiger partial charge in [0.1, 0.15) is 0 Å². The first-order valence-corrected chi connectivity index (χ1v) is 5.96. The molecule has 0 fully saturated rings. The summed E-state index contributed by atoms with van der Waals surface area (Å²) < 4.78 is 0. The molecule has 84 valence electrons. The lowest BCUT2D eigenvalue weighted by Crippen LogP contribution is -2.00. The molecule has 0 bridgehead atoms. The third kappa shape index (κ3) is 2.35. The summed E-state index contributed by atoms with van der Waals surface area (Å²) in [7, 11) is 0. The highest BCUT2D eigenvalue weighted by atomic mass is 14.9. The quantitative estimate of drug-likeness (QED) is 0.723. The largest absolute Gasteiger partial charge is 0.358 e. The third-order valence-corrected chi connectivity index (χ3v) is 3.15. The molecule has 0 radical (unpaired) electrons. The van der Waals surface area contributed by atoms with Gasteiger partial charge in [0.25, 0.3) is 0 Å². The van der Waals surface area contributed by atoms with Gasteiger partial charge in [-0.1, -0.05) is 35.9 Å². The average molecular weight is 213 g/mol. The van der Waals surface area contributed by atoms with Crippen LogP contribution in [0.2, 0.25) is 0 Å². The van der Waals surface area contributed by atoms with Crippen molar-refractivity contribution in [1.29, 1.82) is 0 Å². The zero-order valence-electron chi connectivity index (χ0n) is 10.1. The molecule has 1 heterocycles. The molecule has 0 atom stereocenters. The van der Waals surface area contributed by atoms with E-state index in [4.69, 9.17) is 0 Å². The van der Waals surface area contributed by atoms with E-state index in [1.54, 1.807) is 0 Å². The highest BCUT2D eigenvalue weighted by molar-refractivity contribution is 5.57. The molecule has 2 rings (SSSR count). The fourth-order valence-electron chi connectivity index (χ4n) is 2.06. The second kappa shape index (κ2) is 5.02. The Hall–Kier alpha value is -1.50. The normalized spacial score (nSPS) is 15.9. The van der Waals surface area contributed by atoms with Crippen LogP contribution in [0.1, 0.15) is 32.3 Å². The van der Waals surface area contributed by atoms with Crippen LogP contribution in [0.4, 0.5) is 5.69 Å². The summed E-state index contributed by atoms with van der Waals surface area (Å²) in [6.07, 6.45) is 7.64. The van der Waals surface area contributed by atoms with Gasteiger partial charge in [-0.15, -0.1) is 0 Å². The maximum Gasteiger partial charge on any atom is 0.0414 e. The lowest BCUT2D eigenvalue weighted by Gasteiger charge is -2.11. The molecular weight excluding hydrogens is 194 g/mol. The van der Waals surface area contributed by atoms with Crippen molar-refractivity contribution in [3.8, 4) is 0 Å². The molecule has 1 N–H and O–H groups in total. The number of para-hydroxylation sites is 1. The molecule has 0 saturated carbocycles. The first kappa shape index (κ1) is 11.0. The summed E-state index contributed by atoms with van der Waals surface area (Å²) in [6.45, 7) is 4.30. The summed E-state index contributed by atoms with van der Waals surface area (Å²) in [5.74, 6) is 0. The zero-order valence-corrected chi connectivity index (χ0v) is 10.1. The van der Waals surface area contributed by atoms with Crippen molar-refractivity contribution in [2.24, 2.45) is 0 Å². The van der Waals surface area contributed by atoms with E-state index in [0.717, 1.165) is 19.3 Å². The molecular formula is C15H19N. The molecule has 0 aromatic heterocycles. The number of nitrogens with one attached hydrogen (secondary N) is 1. The summed E-state index contributed by atoms with van der Waals surface area (Å²) in [5.41, 5.74) is 5.55. The van der Waals surface area contributed by atoms with E-state index in [2.05, 4.69) is 55.6 Å². The van der Waals surface area contributed by atoms with Gasteiger partial charge in [-0.2, -0.15) is 0 Å². The van der Waals surface area contributed by atoms with E-state index in [0.29, 0.717) is 0 Å². The molecule has 0 saturated heterocycles. The predicted molar refractivity (Wildman–Crippen MR) is 70.5 cm³/mol. The van der Waals surface area contributed by atoms with Gasteiger partial charge >= 0.3 is 0 Å². The Balaban J connectivity index is 2.26. The van der Waals surface area contributed by atoms with Crippen molar-refractivity contribution in [1.82, 2.24) is 0 Å². The Bertz CT molecular complexity index is 427. The monoisotopic (exact) mass is 213 g/mol. The van der Waals surface area contributed by atoms with Crippen LogP contribution in [0.5, 0.6) is 0 Å². The molecule has 1 aliphatic rings. The van der Waals surface area contributed by atoms with Crippen LogP contribution in [0.25, 0.3) is 0 Å². The fraction of sp³-hybridized carbons (Fsp3) is 0.333. The van der Waals surface area contributed by atoms with Crippen LogP contribution in [0.3, 0.4) is 0 Å². The van der Waals surface area contributed by atoms with Gasteiger partial charge in [0.15, 0.2) is 0 Å². The van der Waals surface area contributed by atoms with Crippen LogP contribution in [0.15, 0.2) is 47.7 Å². The molecule has 0 aliphatic carbocycles. The standard InChI is InChI=1S/C15H19N/c1-3-4-8-14-12(2)10-11-13-7-5-6-9-15(13)16-14/h3-7,9,16H,8,10-11H2,1-2H3/b4-3-. The third-order valence-electron chi connectivity index (χ3n) is 3.15. The number of hydrogen-bond donors (Lipinski definition) is 1. The Morgan fingerprint density at radius 3 is 2.88 bits per heavy atom. The van der Waals surface area contributed by atoms with E-state index in [1.165, 1.54) is 22.5 Å². The molecule has 0 amide bonds. The average Bonchev–Trinajstić information content (AvgIpc) is 2.47. The highest BCUT2D eigenvalue weighted by Crippen LogP contribution is 2.27. The molecule has 1 heteroatoms. The Morgan fingerprint density at radius 2 is 2.06 bits per heavy atom. The van der Waals surface area contributed by atoms with Gasteiger partial charge in [0.05, 0.1) is 0 Å². The van der Waals surface area contributed by atoms with Crippen LogP contribution in [0, 0.1) is 0 Å². The van der Waals surface area contributed by atoms with Crippen molar-refractivity contribution in [3.63, 3.8) is 0 Å². The van der Waals surface area contributed by atoms with E-state index in [9.17, 15) is 0 Å². The Kier molecular flexibility index (Phi) is 3.45. The van der Waals surface area contributed by atoms with Gasteiger partial charge < -0.3 is 5.32 Å². The molecule has 1 aliphatic heterocycles. The molecule has 16 heavy (non-hydrogen) atoms. The molecule has 1 aromatic rings. The van der Waals surface area contributed by atoms with Crippen molar-refractivity contribution in [2.75, 3.05) is 5.32 Å². The van der Waals surface area contributed by atoms with Crippen LogP contribution < -0.4 is 5.32 Å². The molecule has 0 spiro atoms. The number of anilines is 1. The van der Waals surface area contributed by atoms with Gasteiger partial charge in [-0.05, 0) is 38.3 Å². The minimum absolute atomic E-state index is 1.01. The van der Waals surface area contributed by atoms with Gasteiger partial charge in [-0.25, -0.2) is 0 Å². The first-order valence-electron chi connectivity index (χ1n) is 5.96. The summed E-state index contributed by atoms with van der Waals surface area (Å²) >= 11 is 0. The summed E-state index contributed by atoms with van der Waals surface area (Å²) in [6, 6.07) is 8.60. The SMILES string of the molecule is C/C=C\CC1=C(C)CCc2ccccc2N1. The second-order valence-corrected chi connectivity index (χ2v) is 4.31. The second-order valence-electron chi connectivity index (χ2n) is 4.31. The van der Waals surface area contributed by atoms with E-state index in [1.807, 2.05) is 0 Å². The van der Waals surface area contributed by atoms with Crippen LogP contribution in [-0.4, -0.2) is 0 Å². The molecule has 1 aromatic carbocycles. The number of allylic oxidation sites excluding steroid dienone is 3. The topological polar surface area (TPSA) is 12.0 Å². The number of rotatable bonds is 2. The van der Waals surface area contributed by atoms with Gasteiger partial charge in [0, 0.05) is 17.8 Å². The van der Waals surface area contributed by atoms with Crippen molar-refractivity contribution >= 4 is 5.69 Å². The Morgan fingerprint density at radius 1 is 1.25 bits per heavy atom. The van der Waals surface area contributed by atoms with Crippen LogP contribution in [-0.2, 0) is 6.42 Å². The first-order chi connectivity index (χ1) is 7.81. The van der Waals surface area contributed by atoms with Crippen molar-refractivity contribution in [3.05, 3.63) is 53.3 Å². The zero-order chi connectivity index (χ0) is 11.4. The van der Waals surface area contributed by atoms with E-state index < -0.39 is 0 Å². The van der Waals surface area contributed by atoms with Crippen molar-refractivity contribution < 1.29 is 0 Å². The van der Waals surface area contributed by atoms with Crippen molar-refractivity contribution in [2.45, 2.75) is 33.1 Å². The highest BCUT2D eigenvalue weighted by Gasteiger charge is 2.10. The minimum Gasteiger partial charge on any atom is -0.358 e. The van der Waals surface area contributed by atoms with Crippen LogP contribution >= 0.6 is 0 Å². The lowest BCUT2D eigenvalue weighted by atomic mass is 10.1. The number of benzene rings is 1. The van der Waals surface area contributed by atoms with Gasteiger partial charge in [0.2, 0.25) is 0 Å². The van der Waals surface area contributed by atoms with E-state index in [-0.39, 0.29) is 0 Å². The minimum atomic E-state index is 1.01. The predicted octanol–water partition coefficient (Wildman–Crippen LogP) is 4.28. The number of hydrogen-bond acceptors (Lipinski definition) is 1. The van der Waals surface area contributed by atoms with Gasteiger partial charge in [-0.3, -0.25) is 0 Å². The van der Waals surface area contributed by atoms with E-state index >= 15 is 0 Å². The molecule has 1 nitrogen and oxygen atoms in total. The Labute approximate surface area is 97.9 Å². The summed E-state index contributed by atoms with van der Waals surface area (Å²) in [5, 5.41) is 3.57. The maximum atomic E-state index is 3.57. The lowest BCUT2D eigenvalue weighted by molar-refractivity contribution is 0.936. The maximum absolute atomic E-state index is 3.57. The number of aryl methyl sites for hydroxylation is 1. The fourth-order valence-corrected chi connectivity index (χ4v) is 2.06. The smallest absolute Gasteiger partial charge is 0.0414 e. The number of fused-ring (bicyclic) bond motifs is 1. The molecule has 0 unspecified atom stereocenters. The summed E-state index contributed by atoms with van der Waals surface area (Å²) in [4.78, 5) is 0.